The summed E-state index contributed by atoms with van der Waals surface area (Å²) in [6, 6.07) is 11.3. The van der Waals surface area contributed by atoms with E-state index in [1.807, 2.05) is 0 Å². The summed E-state index contributed by atoms with van der Waals surface area (Å²) in [4.78, 5) is 0. The van der Waals surface area contributed by atoms with Gasteiger partial charge < -0.3 is 141 Å². The molecule has 0 aromatic heterocycles. The van der Waals surface area contributed by atoms with Crippen molar-refractivity contribution in [3.63, 3.8) is 0 Å². The smallest absolute Gasteiger partial charge is 0.305 e. The second kappa shape index (κ2) is 18.2. The van der Waals surface area contributed by atoms with E-state index in [9.17, 15) is 112 Å². The lowest BCUT2D eigenvalue weighted by Crippen LogP contribution is -2.58. The minimum absolute atomic E-state index is 0.147. The van der Waals surface area contributed by atoms with Crippen molar-refractivity contribution in [3.8, 4) is 138 Å². The fourth-order valence-electron chi connectivity index (χ4n) is 13.2. The van der Waals surface area contributed by atoms with Crippen molar-refractivity contribution in [3.05, 3.63) is 140 Å². The van der Waals surface area contributed by atoms with Gasteiger partial charge in [-0.2, -0.15) is 0 Å². The molecule has 0 spiro atoms. The Hall–Kier alpha value is -11.2. The normalized spacial score (nSPS) is 25.7. The van der Waals surface area contributed by atoms with Crippen molar-refractivity contribution in [2.24, 2.45) is 0 Å². The molecule has 22 N–H and O–H groups in total. The Balaban J connectivity index is 1.06. The third-order valence-corrected chi connectivity index (χ3v) is 17.1. The Kier molecular flexibility index (Phi) is 11.3. The van der Waals surface area contributed by atoms with Gasteiger partial charge in [-0.05, 0) is 48.5 Å². The Morgan fingerprint density at radius 2 is 0.693 bits per heavy atom. The van der Waals surface area contributed by atoms with E-state index in [1.54, 1.807) is 0 Å². The molecule has 6 aliphatic rings. The molecule has 14 rings (SSSR count). The van der Waals surface area contributed by atoms with E-state index in [-0.39, 0.29) is 39.1 Å². The molecule has 2 unspecified atom stereocenters. The van der Waals surface area contributed by atoms with Gasteiger partial charge in [0.2, 0.25) is 0 Å². The zero-order valence-electron chi connectivity index (χ0n) is 44.2. The van der Waals surface area contributed by atoms with Crippen molar-refractivity contribution >= 4 is 0 Å². The van der Waals surface area contributed by atoms with Crippen molar-refractivity contribution in [1.29, 1.82) is 0 Å². The number of fused-ring (bicyclic) bond motifs is 16. The van der Waals surface area contributed by atoms with E-state index in [4.69, 9.17) is 28.4 Å². The zero-order chi connectivity index (χ0) is 62.5. The minimum Gasteiger partial charge on any atom is -0.508 e. The summed E-state index contributed by atoms with van der Waals surface area (Å²) < 4.78 is 39.1. The molecular weight excluding hydrogens is 1170 g/mol. The monoisotopic (exact) mass is 1210 g/mol. The summed E-state index contributed by atoms with van der Waals surface area (Å²) in [6.45, 7) is 0. The Bertz CT molecular complexity index is 4320. The zero-order valence-corrected chi connectivity index (χ0v) is 44.2. The Morgan fingerprint density at radius 1 is 0.318 bits per heavy atom. The summed E-state index contributed by atoms with van der Waals surface area (Å²) in [5.74, 6) is -31.1. The number of hydrogen-bond acceptors (Lipinski definition) is 28. The fraction of sp³-hybridized carbons (Fsp3) is 0.200. The number of rotatable bonds is 5. The number of aliphatic hydroxyl groups is 4. The van der Waals surface area contributed by atoms with Gasteiger partial charge in [0.05, 0.1) is 23.9 Å². The lowest BCUT2D eigenvalue weighted by atomic mass is 9.70. The Morgan fingerprint density at radius 3 is 1.20 bits per heavy atom. The number of hydrogen-bond donors (Lipinski definition) is 22. The molecule has 0 radical (unpaired) electrons. The average molecular weight is 1220 g/mol. The molecule has 6 heterocycles. The van der Waals surface area contributed by atoms with E-state index < -0.39 is 232 Å². The maximum Gasteiger partial charge on any atom is 0.305 e. The minimum atomic E-state index is -2.93. The molecule has 88 heavy (non-hydrogen) atoms. The third kappa shape index (κ3) is 7.27. The second-order valence-corrected chi connectivity index (χ2v) is 22.1. The SMILES string of the molecule is Oc1cc(O)c2c(c1)O[C@]1(c3cc(O)c(O)c(O)c3)Oc3cc(O)c4c(c3[C@H]2C1O)O[C@H](c1cc(O)c(O)c(O)c1)[C@H](O)[C@@H]4c1c(O)cc(O)c2c1O[C@]1(c3cc(O)c(O)c(O)c3)Oc3cc(O)c4c(c3[C@H]2C1O)O[C@H](c1cc(O)c(O)c(O)c1)[C@@H](O)C4. The summed E-state index contributed by atoms with van der Waals surface area (Å²) in [6.07, 6.45) is -12.5. The molecule has 0 saturated carbocycles. The number of phenolic OH excluding ortho intramolecular Hbond substituents is 18. The van der Waals surface area contributed by atoms with Crippen molar-refractivity contribution in [2.75, 3.05) is 0 Å². The van der Waals surface area contributed by atoms with Crippen LogP contribution in [0.2, 0.25) is 0 Å². The van der Waals surface area contributed by atoms with Gasteiger partial charge in [-0.25, -0.2) is 0 Å². The molecule has 0 amide bonds. The lowest BCUT2D eigenvalue weighted by molar-refractivity contribution is -0.219. The third-order valence-electron chi connectivity index (χ3n) is 17.1. The first-order valence-corrected chi connectivity index (χ1v) is 26.4. The highest BCUT2D eigenvalue weighted by Gasteiger charge is 2.64. The van der Waals surface area contributed by atoms with Crippen LogP contribution < -0.4 is 28.4 Å². The highest BCUT2D eigenvalue weighted by atomic mass is 16.7. The summed E-state index contributed by atoms with van der Waals surface area (Å²) in [5.41, 5.74) is -4.42. The van der Waals surface area contributed by atoms with E-state index in [1.165, 1.54) is 0 Å². The largest absolute Gasteiger partial charge is 0.508 e. The highest BCUT2D eigenvalue weighted by Crippen LogP contribution is 2.69. The van der Waals surface area contributed by atoms with E-state index in [2.05, 4.69) is 0 Å². The quantitative estimate of drug-likeness (QED) is 0.107. The molecule has 8 aromatic carbocycles. The second-order valence-electron chi connectivity index (χ2n) is 22.1. The predicted octanol–water partition coefficient (Wildman–Crippen LogP) is 4.31. The summed E-state index contributed by atoms with van der Waals surface area (Å²) in [7, 11) is 0. The highest BCUT2D eigenvalue weighted by molar-refractivity contribution is 5.75. The molecule has 11 atom stereocenters. The van der Waals surface area contributed by atoms with Crippen LogP contribution in [0.25, 0.3) is 0 Å². The first-order valence-electron chi connectivity index (χ1n) is 26.4. The molecule has 0 fully saturated rings. The van der Waals surface area contributed by atoms with E-state index >= 15 is 0 Å². The summed E-state index contributed by atoms with van der Waals surface area (Å²) in [5, 5.41) is 251. The molecule has 454 valence electrons. The van der Waals surface area contributed by atoms with Gasteiger partial charge >= 0.3 is 11.6 Å². The predicted molar refractivity (Wildman–Crippen MR) is 287 cm³/mol. The van der Waals surface area contributed by atoms with Gasteiger partial charge in [-0.1, -0.05) is 0 Å². The number of phenols is 18. The number of ether oxygens (including phenoxy) is 6. The average Bonchev–Trinajstić information content (AvgIpc) is 0.693. The van der Waals surface area contributed by atoms with E-state index in [0.29, 0.717) is 0 Å². The maximum absolute atomic E-state index is 13.2. The number of aromatic hydroxyl groups is 18. The van der Waals surface area contributed by atoms with Gasteiger partial charge in [0.15, 0.2) is 81.2 Å². The molecule has 8 aromatic rings. The van der Waals surface area contributed by atoms with Crippen LogP contribution in [0, 0.1) is 0 Å². The Labute approximate surface area is 489 Å². The van der Waals surface area contributed by atoms with Crippen LogP contribution in [0.3, 0.4) is 0 Å². The number of aliphatic hydroxyl groups excluding tert-OH is 4. The lowest BCUT2D eigenvalue weighted by Gasteiger charge is -2.52. The fourth-order valence-corrected chi connectivity index (χ4v) is 13.2. The maximum atomic E-state index is 13.2. The van der Waals surface area contributed by atoms with Crippen molar-refractivity contribution < 1.29 is 141 Å². The van der Waals surface area contributed by atoms with Crippen LogP contribution in [-0.2, 0) is 18.0 Å². The van der Waals surface area contributed by atoms with Gasteiger partial charge in [0.25, 0.3) is 0 Å². The van der Waals surface area contributed by atoms with Crippen molar-refractivity contribution in [1.82, 2.24) is 0 Å². The van der Waals surface area contributed by atoms with Crippen LogP contribution in [0.1, 0.15) is 91.2 Å². The standard InChI is InChI=1S/C60H46O28/c61-19-9-22(63)38-35(10-19)85-59(17-5-30(71)49(78)31(72)6-17)57(81)45(38)43-37(86-59)14-25(66)39-44(51(80)53(84-55(39)43)16-3-28(69)48(77)29(70)4-16)40-23(64)12-24(65)41-46-42-36(87-60(58(46)82,88-56(40)41)18-7-32(73)50(79)33(74)8-18)13-21(62)20-11-34(75)52(83-54(20)42)15-1-26(67)47(76)27(68)2-15/h1-10,12-14,34,44-46,51-53,57-58,61-82H,11H2/t34-,44-,45-,46-,51+,52+,53+,57?,58?,59+,60-/m0/s1. The van der Waals surface area contributed by atoms with Gasteiger partial charge in [-0.15, -0.1) is 0 Å². The summed E-state index contributed by atoms with van der Waals surface area (Å²) >= 11 is 0. The van der Waals surface area contributed by atoms with Crippen LogP contribution in [0.5, 0.6) is 138 Å². The molecule has 6 aliphatic heterocycles. The first-order chi connectivity index (χ1) is 41.6. The molecular formula is C60H46O28. The molecule has 0 saturated heterocycles. The van der Waals surface area contributed by atoms with Gasteiger partial charge in [-0.3, -0.25) is 0 Å². The number of benzene rings is 8. The topological polar surface area (TPSA) is 500 Å². The molecule has 28 nitrogen and oxygen atoms in total. The molecule has 0 aliphatic carbocycles. The van der Waals surface area contributed by atoms with Crippen LogP contribution in [0.15, 0.2) is 78.9 Å². The first kappa shape index (κ1) is 54.7. The van der Waals surface area contributed by atoms with Crippen LogP contribution in [0.4, 0.5) is 0 Å². The van der Waals surface area contributed by atoms with Crippen LogP contribution >= 0.6 is 0 Å². The molecule has 4 bridgehead atoms. The van der Waals surface area contributed by atoms with Gasteiger partial charge in [0.1, 0.15) is 87.3 Å². The molecule has 28 heteroatoms. The van der Waals surface area contributed by atoms with E-state index in [0.717, 1.165) is 78.9 Å². The van der Waals surface area contributed by atoms with Crippen LogP contribution in [-0.4, -0.2) is 137 Å². The van der Waals surface area contributed by atoms with Crippen molar-refractivity contribution in [2.45, 2.75) is 72.4 Å². The van der Waals surface area contributed by atoms with Gasteiger partial charge in [0, 0.05) is 98.0 Å².